The van der Waals surface area contributed by atoms with Crippen LogP contribution in [0, 0.1) is 0 Å². The number of aromatic nitrogens is 3. The van der Waals surface area contributed by atoms with Crippen LogP contribution >= 0.6 is 15.9 Å². The maximum Gasteiger partial charge on any atom is 0.255 e. The lowest BCUT2D eigenvalue weighted by Gasteiger charge is -2.29. The summed E-state index contributed by atoms with van der Waals surface area (Å²) in [4.78, 5) is 17.4. The molecule has 1 aliphatic heterocycles. The Labute approximate surface area is 159 Å². The molecule has 2 aromatic carbocycles. The molecule has 4 rings (SSSR count). The van der Waals surface area contributed by atoms with Gasteiger partial charge < -0.3 is 10.6 Å². The summed E-state index contributed by atoms with van der Waals surface area (Å²) in [6, 6.07) is 16.8. The van der Waals surface area contributed by atoms with Crippen molar-refractivity contribution in [3.05, 3.63) is 82.2 Å². The summed E-state index contributed by atoms with van der Waals surface area (Å²) in [6.07, 6.45) is 1.48. The molecule has 0 fully saturated rings. The highest BCUT2D eigenvalue weighted by atomic mass is 79.9. The van der Waals surface area contributed by atoms with Gasteiger partial charge in [-0.25, -0.2) is 4.68 Å². The number of hydrogen-bond acceptors (Lipinski definition) is 4. The van der Waals surface area contributed by atoms with E-state index in [1.54, 1.807) is 4.68 Å². The third-order valence-electron chi connectivity index (χ3n) is 4.27. The van der Waals surface area contributed by atoms with Crippen molar-refractivity contribution in [1.82, 2.24) is 14.8 Å². The third kappa shape index (κ3) is 2.90. The van der Waals surface area contributed by atoms with Crippen molar-refractivity contribution >= 4 is 33.5 Å². The average Bonchev–Trinajstić information content (AvgIpc) is 3.10. The molecule has 0 unspecified atom stereocenters. The smallest absolute Gasteiger partial charge is 0.255 e. The number of benzene rings is 2. The summed E-state index contributed by atoms with van der Waals surface area (Å²) in [7, 11) is 0. The Hall–Kier alpha value is -2.93. The molecule has 3 aromatic rings. The molecule has 0 spiro atoms. The third-order valence-corrected chi connectivity index (χ3v) is 4.99. The zero-order valence-corrected chi connectivity index (χ0v) is 15.6. The number of nitrogens with one attached hydrogen (secondary N) is 2. The van der Waals surface area contributed by atoms with Crippen LogP contribution in [0.2, 0.25) is 0 Å². The Morgan fingerprint density at radius 2 is 1.88 bits per heavy atom. The number of amides is 1. The van der Waals surface area contributed by atoms with Crippen molar-refractivity contribution in [1.29, 1.82) is 0 Å². The lowest BCUT2D eigenvalue weighted by Crippen LogP contribution is -2.31. The van der Waals surface area contributed by atoms with Crippen molar-refractivity contribution in [2.75, 3.05) is 10.6 Å². The van der Waals surface area contributed by atoms with E-state index in [-0.39, 0.29) is 11.9 Å². The topological polar surface area (TPSA) is 71.8 Å². The van der Waals surface area contributed by atoms with E-state index in [9.17, 15) is 4.79 Å². The minimum Gasteiger partial charge on any atom is -0.328 e. The van der Waals surface area contributed by atoms with Gasteiger partial charge in [-0.2, -0.15) is 10.1 Å². The first-order valence-corrected chi connectivity index (χ1v) is 8.92. The first-order valence-electron chi connectivity index (χ1n) is 8.13. The van der Waals surface area contributed by atoms with Crippen LogP contribution in [0.4, 0.5) is 11.6 Å². The second-order valence-electron chi connectivity index (χ2n) is 5.94. The number of carbonyl (C=O) groups excluding carboxylic acids is 1. The molecule has 2 N–H and O–H groups in total. The molecule has 130 valence electrons. The first-order chi connectivity index (χ1) is 12.6. The molecular formula is C19H16BrN5O. The molecule has 0 radical (unpaired) electrons. The predicted molar refractivity (Wildman–Crippen MR) is 104 cm³/mol. The molecule has 26 heavy (non-hydrogen) atoms. The van der Waals surface area contributed by atoms with Crippen LogP contribution in [0.25, 0.3) is 0 Å². The van der Waals surface area contributed by atoms with E-state index in [1.807, 2.05) is 61.5 Å². The Balaban J connectivity index is 1.80. The molecule has 7 heteroatoms. The summed E-state index contributed by atoms with van der Waals surface area (Å²) >= 11 is 3.60. The molecule has 0 bridgehead atoms. The second kappa shape index (κ2) is 6.76. The molecule has 1 atom stereocenters. The lowest BCUT2D eigenvalue weighted by molar-refractivity contribution is -0.113. The molecule has 1 amide bonds. The lowest BCUT2D eigenvalue weighted by atomic mass is 9.95. The van der Waals surface area contributed by atoms with Crippen molar-refractivity contribution in [2.45, 2.75) is 13.0 Å². The average molecular weight is 410 g/mol. The fourth-order valence-corrected chi connectivity index (χ4v) is 3.59. The van der Waals surface area contributed by atoms with Crippen LogP contribution in [-0.2, 0) is 4.79 Å². The van der Waals surface area contributed by atoms with E-state index >= 15 is 0 Å². The van der Waals surface area contributed by atoms with Crippen molar-refractivity contribution < 1.29 is 4.79 Å². The molecule has 6 nitrogen and oxygen atoms in total. The molecule has 0 saturated heterocycles. The molecule has 2 heterocycles. The SMILES string of the molecule is CC1=C(C(=O)Nc2ccccc2)[C@@H](c2ccccc2Br)n2ncnc2N1. The van der Waals surface area contributed by atoms with Crippen molar-refractivity contribution in [3.8, 4) is 0 Å². The van der Waals surface area contributed by atoms with Crippen LogP contribution in [-0.4, -0.2) is 20.7 Å². The highest BCUT2D eigenvalue weighted by molar-refractivity contribution is 9.10. The van der Waals surface area contributed by atoms with Gasteiger partial charge in [-0.1, -0.05) is 52.3 Å². The van der Waals surface area contributed by atoms with Gasteiger partial charge in [-0.3, -0.25) is 4.79 Å². The number of hydrogen-bond donors (Lipinski definition) is 2. The maximum absolute atomic E-state index is 13.1. The maximum atomic E-state index is 13.1. The molecule has 1 aromatic heterocycles. The highest BCUT2D eigenvalue weighted by Crippen LogP contribution is 2.38. The van der Waals surface area contributed by atoms with E-state index < -0.39 is 0 Å². The zero-order chi connectivity index (χ0) is 18.1. The number of halogens is 1. The number of fused-ring (bicyclic) bond motifs is 1. The minimum atomic E-state index is -0.381. The quantitative estimate of drug-likeness (QED) is 0.686. The Kier molecular flexibility index (Phi) is 4.30. The number of nitrogens with zero attached hydrogens (tertiary/aromatic N) is 3. The monoisotopic (exact) mass is 409 g/mol. The summed E-state index contributed by atoms with van der Waals surface area (Å²) in [5.41, 5.74) is 3.03. The fourth-order valence-electron chi connectivity index (χ4n) is 3.09. The first kappa shape index (κ1) is 16.5. The molecule has 0 saturated carbocycles. The van der Waals surface area contributed by atoms with Gasteiger partial charge in [0.1, 0.15) is 12.4 Å². The number of rotatable bonds is 3. The van der Waals surface area contributed by atoms with Gasteiger partial charge in [0.15, 0.2) is 0 Å². The fraction of sp³-hybridized carbons (Fsp3) is 0.105. The molecule has 1 aliphatic rings. The molecular weight excluding hydrogens is 394 g/mol. The van der Waals surface area contributed by atoms with Crippen molar-refractivity contribution in [2.24, 2.45) is 0 Å². The van der Waals surface area contributed by atoms with Gasteiger partial charge >= 0.3 is 0 Å². The number of para-hydroxylation sites is 1. The van der Waals surface area contributed by atoms with E-state index in [4.69, 9.17) is 0 Å². The summed E-state index contributed by atoms with van der Waals surface area (Å²) < 4.78 is 2.64. The van der Waals surface area contributed by atoms with Crippen LogP contribution in [0.15, 0.2) is 76.7 Å². The molecule has 0 aliphatic carbocycles. The van der Waals surface area contributed by atoms with E-state index in [0.29, 0.717) is 11.5 Å². The van der Waals surface area contributed by atoms with Crippen LogP contribution in [0.1, 0.15) is 18.5 Å². The van der Waals surface area contributed by atoms with E-state index in [2.05, 4.69) is 36.6 Å². The van der Waals surface area contributed by atoms with Gasteiger partial charge in [0, 0.05) is 15.9 Å². The number of anilines is 2. The summed E-state index contributed by atoms with van der Waals surface area (Å²) in [5, 5.41) is 10.5. The standard InChI is InChI=1S/C19H16BrN5O/c1-12-16(18(26)24-13-7-3-2-4-8-13)17(14-9-5-6-10-15(14)20)25-19(23-12)21-11-22-25/h2-11,17H,1H3,(H,24,26)(H,21,22,23)/t17-/m1/s1. The Bertz CT molecular complexity index is 996. The van der Waals surface area contributed by atoms with Gasteiger partial charge in [0.2, 0.25) is 5.95 Å². The van der Waals surface area contributed by atoms with Crippen LogP contribution in [0.3, 0.4) is 0 Å². The van der Waals surface area contributed by atoms with Crippen LogP contribution < -0.4 is 10.6 Å². The van der Waals surface area contributed by atoms with E-state index in [1.165, 1.54) is 6.33 Å². The number of allylic oxidation sites excluding steroid dienone is 1. The van der Waals surface area contributed by atoms with E-state index in [0.717, 1.165) is 21.4 Å². The Morgan fingerprint density at radius 3 is 2.65 bits per heavy atom. The van der Waals surface area contributed by atoms with Crippen molar-refractivity contribution in [3.63, 3.8) is 0 Å². The highest BCUT2D eigenvalue weighted by Gasteiger charge is 2.34. The summed E-state index contributed by atoms with van der Waals surface area (Å²) in [5.74, 6) is 0.433. The van der Waals surface area contributed by atoms with Gasteiger partial charge in [-0.05, 0) is 30.7 Å². The van der Waals surface area contributed by atoms with Crippen LogP contribution in [0.5, 0.6) is 0 Å². The second-order valence-corrected chi connectivity index (χ2v) is 6.79. The van der Waals surface area contributed by atoms with Gasteiger partial charge in [0.05, 0.1) is 5.57 Å². The predicted octanol–water partition coefficient (Wildman–Crippen LogP) is 3.97. The number of carbonyl (C=O) groups is 1. The van der Waals surface area contributed by atoms with Gasteiger partial charge in [-0.15, -0.1) is 0 Å². The normalized spacial score (nSPS) is 16.0. The largest absolute Gasteiger partial charge is 0.328 e. The summed E-state index contributed by atoms with van der Waals surface area (Å²) in [6.45, 7) is 1.88. The van der Waals surface area contributed by atoms with Gasteiger partial charge in [0.25, 0.3) is 5.91 Å². The Morgan fingerprint density at radius 1 is 1.15 bits per heavy atom. The minimum absolute atomic E-state index is 0.178. The zero-order valence-electron chi connectivity index (χ0n) is 14.0.